The number of fused-ring (bicyclic) bond motifs is 1. The molecule has 2 atom stereocenters. The van der Waals surface area contributed by atoms with Gasteiger partial charge in [0.1, 0.15) is 11.1 Å². The van der Waals surface area contributed by atoms with Gasteiger partial charge in [-0.25, -0.2) is 9.78 Å². The lowest BCUT2D eigenvalue weighted by Crippen LogP contribution is -2.55. The molecule has 0 bridgehead atoms. The van der Waals surface area contributed by atoms with E-state index in [1.165, 1.54) is 11.9 Å². The van der Waals surface area contributed by atoms with Crippen LogP contribution in [0.5, 0.6) is 0 Å². The first-order valence-corrected chi connectivity index (χ1v) is 8.64. The molecule has 2 fully saturated rings. The van der Waals surface area contributed by atoms with E-state index in [0.29, 0.717) is 12.4 Å². The van der Waals surface area contributed by atoms with Gasteiger partial charge in [-0.2, -0.15) is 0 Å². The number of imide groups is 1. The first kappa shape index (κ1) is 16.1. The number of hydrogen-bond acceptors (Lipinski definition) is 5. The van der Waals surface area contributed by atoms with E-state index in [-0.39, 0.29) is 17.9 Å². The van der Waals surface area contributed by atoms with Gasteiger partial charge in [0, 0.05) is 19.5 Å². The standard InChI is InChI=1S/C18H22N4O3/c1-18(16(23)21(2)17(24)20-18)12-6-5-9-22(10-12)11-15-19-13-7-3-4-8-14(13)25-15/h3-4,7-8,12H,5-6,9-11H2,1-2H3,(H,20,24)/t12-,18-/m0/s1. The third kappa shape index (κ3) is 2.68. The second kappa shape index (κ2) is 5.84. The third-order valence-corrected chi connectivity index (χ3v) is 5.44. The number of likely N-dealkylation sites (N-methyl/N-ethyl adjacent to an activating group) is 1. The lowest BCUT2D eigenvalue weighted by Gasteiger charge is -2.39. The van der Waals surface area contributed by atoms with E-state index in [4.69, 9.17) is 4.42 Å². The van der Waals surface area contributed by atoms with Gasteiger partial charge < -0.3 is 9.73 Å². The van der Waals surface area contributed by atoms with Gasteiger partial charge in [0.2, 0.25) is 5.89 Å². The Hall–Kier alpha value is -2.41. The summed E-state index contributed by atoms with van der Waals surface area (Å²) in [5.41, 5.74) is 0.821. The Morgan fingerprint density at radius 1 is 1.36 bits per heavy atom. The van der Waals surface area contributed by atoms with E-state index >= 15 is 0 Å². The van der Waals surface area contributed by atoms with E-state index in [9.17, 15) is 9.59 Å². The van der Waals surface area contributed by atoms with Gasteiger partial charge in [0.25, 0.3) is 5.91 Å². The van der Waals surface area contributed by atoms with Crippen LogP contribution in [0.2, 0.25) is 0 Å². The van der Waals surface area contributed by atoms with Crippen LogP contribution in [0.3, 0.4) is 0 Å². The number of urea groups is 1. The SMILES string of the molecule is CN1C(=O)N[C@@](C)([C@H]2CCCN(Cc3nc4ccccc4o3)C2)C1=O. The number of hydrogen-bond donors (Lipinski definition) is 1. The minimum absolute atomic E-state index is 0.0760. The highest BCUT2D eigenvalue weighted by Crippen LogP contribution is 2.32. The van der Waals surface area contributed by atoms with Gasteiger partial charge in [-0.1, -0.05) is 12.1 Å². The van der Waals surface area contributed by atoms with Crippen molar-refractivity contribution in [3.05, 3.63) is 30.2 Å². The summed E-state index contributed by atoms with van der Waals surface area (Å²) in [6.07, 6.45) is 1.90. The highest BCUT2D eigenvalue weighted by molar-refractivity contribution is 6.06. The van der Waals surface area contributed by atoms with Crippen LogP contribution in [-0.2, 0) is 11.3 Å². The molecule has 132 valence electrons. The summed E-state index contributed by atoms with van der Waals surface area (Å²) >= 11 is 0. The Bertz CT molecular complexity index is 800. The van der Waals surface area contributed by atoms with Crippen molar-refractivity contribution >= 4 is 23.0 Å². The first-order chi connectivity index (χ1) is 12.0. The molecular weight excluding hydrogens is 320 g/mol. The minimum Gasteiger partial charge on any atom is -0.439 e. The van der Waals surface area contributed by atoms with Crippen LogP contribution in [0.1, 0.15) is 25.7 Å². The number of nitrogens with zero attached hydrogens (tertiary/aromatic N) is 3. The van der Waals surface area contributed by atoms with Crippen molar-refractivity contribution in [3.8, 4) is 0 Å². The number of aromatic nitrogens is 1. The maximum atomic E-state index is 12.5. The van der Waals surface area contributed by atoms with Gasteiger partial charge in [-0.15, -0.1) is 0 Å². The quantitative estimate of drug-likeness (QED) is 0.863. The van der Waals surface area contributed by atoms with Crippen LogP contribution in [-0.4, -0.2) is 52.4 Å². The molecule has 7 nitrogen and oxygen atoms in total. The van der Waals surface area contributed by atoms with Crippen molar-refractivity contribution in [2.45, 2.75) is 31.8 Å². The number of oxazole rings is 1. The van der Waals surface area contributed by atoms with E-state index in [1.54, 1.807) is 0 Å². The molecule has 2 saturated heterocycles. The average Bonchev–Trinajstić information content (AvgIpc) is 3.10. The lowest BCUT2D eigenvalue weighted by atomic mass is 9.80. The maximum Gasteiger partial charge on any atom is 0.324 e. The summed E-state index contributed by atoms with van der Waals surface area (Å²) in [4.78, 5) is 32.3. The molecule has 1 aromatic carbocycles. The Morgan fingerprint density at radius 3 is 2.88 bits per heavy atom. The fraction of sp³-hybridized carbons (Fsp3) is 0.500. The highest BCUT2D eigenvalue weighted by Gasteiger charge is 2.51. The highest BCUT2D eigenvalue weighted by atomic mass is 16.3. The van der Waals surface area contributed by atoms with Crippen molar-refractivity contribution in [3.63, 3.8) is 0 Å². The molecule has 7 heteroatoms. The number of amides is 3. The molecule has 0 saturated carbocycles. The van der Waals surface area contributed by atoms with Crippen molar-refractivity contribution in [1.29, 1.82) is 0 Å². The molecule has 0 unspecified atom stereocenters. The molecular formula is C18H22N4O3. The second-order valence-corrected chi connectivity index (χ2v) is 7.15. The van der Waals surface area contributed by atoms with E-state index in [1.807, 2.05) is 31.2 Å². The van der Waals surface area contributed by atoms with Gasteiger partial charge in [-0.3, -0.25) is 14.6 Å². The molecule has 3 amide bonds. The molecule has 0 radical (unpaired) electrons. The number of benzene rings is 1. The zero-order valence-corrected chi connectivity index (χ0v) is 14.5. The molecule has 4 rings (SSSR count). The topological polar surface area (TPSA) is 78.7 Å². The van der Waals surface area contributed by atoms with Crippen LogP contribution in [0.25, 0.3) is 11.1 Å². The molecule has 0 spiro atoms. The van der Waals surface area contributed by atoms with E-state index < -0.39 is 5.54 Å². The Labute approximate surface area is 146 Å². The van der Waals surface area contributed by atoms with Crippen LogP contribution >= 0.6 is 0 Å². The van der Waals surface area contributed by atoms with E-state index in [2.05, 4.69) is 15.2 Å². The molecule has 1 N–H and O–H groups in total. The molecule has 3 heterocycles. The average molecular weight is 342 g/mol. The zero-order chi connectivity index (χ0) is 17.6. The Morgan fingerprint density at radius 2 is 2.16 bits per heavy atom. The van der Waals surface area contributed by atoms with Crippen LogP contribution in [0.15, 0.2) is 28.7 Å². The van der Waals surface area contributed by atoms with Crippen LogP contribution < -0.4 is 5.32 Å². The summed E-state index contributed by atoms with van der Waals surface area (Å²) < 4.78 is 5.81. The largest absolute Gasteiger partial charge is 0.439 e. The molecule has 2 aromatic rings. The predicted octanol–water partition coefficient (Wildman–Crippen LogP) is 1.98. The van der Waals surface area contributed by atoms with Crippen LogP contribution in [0, 0.1) is 5.92 Å². The lowest BCUT2D eigenvalue weighted by molar-refractivity contribution is -0.132. The number of rotatable bonds is 3. The number of para-hydroxylation sites is 2. The normalized spacial score (nSPS) is 27.9. The summed E-state index contributed by atoms with van der Waals surface area (Å²) in [6, 6.07) is 7.40. The molecule has 25 heavy (non-hydrogen) atoms. The van der Waals surface area contributed by atoms with Gasteiger partial charge >= 0.3 is 6.03 Å². The number of nitrogens with one attached hydrogen (secondary N) is 1. The molecule has 2 aliphatic rings. The fourth-order valence-corrected chi connectivity index (χ4v) is 3.93. The molecule has 0 aliphatic carbocycles. The van der Waals surface area contributed by atoms with Crippen molar-refractivity contribution in [1.82, 2.24) is 20.1 Å². The summed E-state index contributed by atoms with van der Waals surface area (Å²) in [5, 5.41) is 2.88. The summed E-state index contributed by atoms with van der Waals surface area (Å²) in [6.45, 7) is 4.11. The fourth-order valence-electron chi connectivity index (χ4n) is 3.93. The Balaban J connectivity index is 1.49. The van der Waals surface area contributed by atoms with Crippen molar-refractivity contribution < 1.29 is 14.0 Å². The Kier molecular flexibility index (Phi) is 3.76. The second-order valence-electron chi connectivity index (χ2n) is 7.15. The van der Waals surface area contributed by atoms with Gasteiger partial charge in [0.05, 0.1) is 6.54 Å². The van der Waals surface area contributed by atoms with Gasteiger partial charge in [-0.05, 0) is 38.4 Å². The summed E-state index contributed by atoms with van der Waals surface area (Å²) in [7, 11) is 1.53. The molecule has 2 aliphatic heterocycles. The number of piperidine rings is 1. The zero-order valence-electron chi connectivity index (χ0n) is 14.5. The van der Waals surface area contributed by atoms with Crippen LogP contribution in [0.4, 0.5) is 4.79 Å². The summed E-state index contributed by atoms with van der Waals surface area (Å²) in [5.74, 6) is 0.615. The van der Waals surface area contributed by atoms with Crippen molar-refractivity contribution in [2.24, 2.45) is 5.92 Å². The van der Waals surface area contributed by atoms with E-state index in [0.717, 1.165) is 37.0 Å². The predicted molar refractivity (Wildman–Crippen MR) is 91.7 cm³/mol. The smallest absolute Gasteiger partial charge is 0.324 e. The van der Waals surface area contributed by atoms with Crippen molar-refractivity contribution in [2.75, 3.05) is 20.1 Å². The maximum absolute atomic E-state index is 12.5. The number of likely N-dealkylation sites (tertiary alicyclic amines) is 1. The monoisotopic (exact) mass is 342 g/mol. The molecule has 1 aromatic heterocycles. The minimum atomic E-state index is -0.828. The number of carbonyl (C=O) groups is 2. The first-order valence-electron chi connectivity index (χ1n) is 8.64. The number of carbonyl (C=O) groups excluding carboxylic acids is 2. The van der Waals surface area contributed by atoms with Gasteiger partial charge in [0.15, 0.2) is 5.58 Å². The third-order valence-electron chi connectivity index (χ3n) is 5.44.